The minimum atomic E-state index is 0.605. The standard InChI is InChI=1S/C18H21N3S/c19-10-16-17(20)14-9-13-8-12(11-4-2-1-3-5-11)6-7-15(13)21-18(14)22-16/h9,11-12H,1-8,20H2. The molecule has 0 spiro atoms. The Hall–Kier alpha value is -1.60. The summed E-state index contributed by atoms with van der Waals surface area (Å²) in [6.07, 6.45) is 10.6. The van der Waals surface area contributed by atoms with Crippen molar-refractivity contribution in [3.05, 3.63) is 22.2 Å². The molecule has 22 heavy (non-hydrogen) atoms. The number of hydrogen-bond donors (Lipinski definition) is 1. The highest BCUT2D eigenvalue weighted by molar-refractivity contribution is 7.19. The highest BCUT2D eigenvalue weighted by Gasteiger charge is 2.28. The fourth-order valence-corrected chi connectivity index (χ4v) is 5.20. The van der Waals surface area contributed by atoms with Crippen molar-refractivity contribution in [2.45, 2.75) is 51.4 Å². The largest absolute Gasteiger partial charge is 0.396 e. The zero-order chi connectivity index (χ0) is 15.1. The van der Waals surface area contributed by atoms with Gasteiger partial charge in [-0.05, 0) is 42.7 Å². The zero-order valence-electron chi connectivity index (χ0n) is 12.8. The third kappa shape index (κ3) is 2.28. The number of aromatic nitrogens is 1. The van der Waals surface area contributed by atoms with Gasteiger partial charge in [-0.1, -0.05) is 32.1 Å². The number of fused-ring (bicyclic) bond motifs is 2. The van der Waals surface area contributed by atoms with Crippen LogP contribution in [0.5, 0.6) is 0 Å². The number of aryl methyl sites for hydroxylation is 1. The van der Waals surface area contributed by atoms with Crippen LogP contribution < -0.4 is 5.73 Å². The average Bonchev–Trinajstić information content (AvgIpc) is 2.88. The molecule has 2 N–H and O–H groups in total. The van der Waals surface area contributed by atoms with Gasteiger partial charge in [-0.15, -0.1) is 11.3 Å². The lowest BCUT2D eigenvalue weighted by Gasteiger charge is -2.33. The van der Waals surface area contributed by atoms with Gasteiger partial charge in [0.2, 0.25) is 0 Å². The zero-order valence-corrected chi connectivity index (χ0v) is 13.6. The Labute approximate surface area is 135 Å². The normalized spacial score (nSPS) is 22.4. The Balaban J connectivity index is 1.67. The molecular weight excluding hydrogens is 290 g/mol. The van der Waals surface area contributed by atoms with Gasteiger partial charge < -0.3 is 5.73 Å². The predicted octanol–water partition coefficient (Wildman–Crippen LogP) is 4.44. The van der Waals surface area contributed by atoms with Crippen molar-refractivity contribution < 1.29 is 0 Å². The Morgan fingerprint density at radius 2 is 2.00 bits per heavy atom. The first-order valence-corrected chi connectivity index (χ1v) is 9.19. The molecule has 2 aliphatic rings. The second-order valence-corrected chi connectivity index (χ2v) is 7.80. The first-order chi connectivity index (χ1) is 10.8. The van der Waals surface area contributed by atoms with Crippen LogP contribution in [0, 0.1) is 23.2 Å². The molecule has 4 rings (SSSR count). The molecule has 1 unspecified atom stereocenters. The first kappa shape index (κ1) is 14.0. The molecule has 114 valence electrons. The van der Waals surface area contributed by atoms with Crippen LogP contribution in [-0.2, 0) is 12.8 Å². The van der Waals surface area contributed by atoms with Gasteiger partial charge in [0.15, 0.2) is 0 Å². The van der Waals surface area contributed by atoms with Crippen molar-refractivity contribution in [3.8, 4) is 6.07 Å². The van der Waals surface area contributed by atoms with Crippen molar-refractivity contribution in [2.75, 3.05) is 5.73 Å². The molecule has 0 aliphatic heterocycles. The van der Waals surface area contributed by atoms with Crippen molar-refractivity contribution in [1.29, 1.82) is 5.26 Å². The first-order valence-electron chi connectivity index (χ1n) is 8.37. The minimum absolute atomic E-state index is 0.605. The second kappa shape index (κ2) is 5.55. The summed E-state index contributed by atoms with van der Waals surface area (Å²) in [7, 11) is 0. The van der Waals surface area contributed by atoms with E-state index in [1.165, 1.54) is 61.1 Å². The summed E-state index contributed by atoms with van der Waals surface area (Å²) in [4.78, 5) is 6.35. The van der Waals surface area contributed by atoms with Crippen LogP contribution in [-0.4, -0.2) is 4.98 Å². The molecule has 0 bridgehead atoms. The third-order valence-electron chi connectivity index (χ3n) is 5.54. The minimum Gasteiger partial charge on any atom is -0.396 e. The summed E-state index contributed by atoms with van der Waals surface area (Å²) in [6.45, 7) is 0. The molecule has 1 saturated carbocycles. The molecule has 0 radical (unpaired) electrons. The maximum absolute atomic E-state index is 9.15. The Morgan fingerprint density at radius 3 is 2.77 bits per heavy atom. The van der Waals surface area contributed by atoms with Crippen molar-refractivity contribution in [3.63, 3.8) is 0 Å². The van der Waals surface area contributed by atoms with Crippen molar-refractivity contribution >= 4 is 27.2 Å². The van der Waals surface area contributed by atoms with Crippen LogP contribution in [0.25, 0.3) is 10.2 Å². The number of rotatable bonds is 1. The number of thiophene rings is 1. The summed E-state index contributed by atoms with van der Waals surface area (Å²) >= 11 is 1.43. The monoisotopic (exact) mass is 311 g/mol. The topological polar surface area (TPSA) is 62.7 Å². The molecule has 1 atom stereocenters. The Morgan fingerprint density at radius 1 is 1.18 bits per heavy atom. The molecule has 2 heterocycles. The number of nitrogens with two attached hydrogens (primary N) is 1. The molecule has 4 heteroatoms. The number of nitrogen functional groups attached to an aromatic ring is 1. The van der Waals surface area contributed by atoms with Crippen LogP contribution in [0.15, 0.2) is 6.07 Å². The van der Waals surface area contributed by atoms with E-state index in [4.69, 9.17) is 16.0 Å². The van der Waals surface area contributed by atoms with Gasteiger partial charge in [-0.3, -0.25) is 0 Å². The molecule has 0 aromatic carbocycles. The summed E-state index contributed by atoms with van der Waals surface area (Å²) < 4.78 is 0. The van der Waals surface area contributed by atoms with Crippen LogP contribution >= 0.6 is 11.3 Å². The maximum atomic E-state index is 9.15. The number of anilines is 1. The van der Waals surface area contributed by atoms with Crippen molar-refractivity contribution in [2.24, 2.45) is 11.8 Å². The van der Waals surface area contributed by atoms with Crippen LogP contribution in [0.3, 0.4) is 0 Å². The summed E-state index contributed by atoms with van der Waals surface area (Å²) in [6, 6.07) is 4.41. The van der Waals surface area contributed by atoms with Gasteiger partial charge in [0.25, 0.3) is 0 Å². The van der Waals surface area contributed by atoms with Gasteiger partial charge in [0.1, 0.15) is 15.8 Å². The summed E-state index contributed by atoms with van der Waals surface area (Å²) in [5, 5.41) is 10.1. The van der Waals surface area contributed by atoms with Crippen LogP contribution in [0.4, 0.5) is 5.69 Å². The molecule has 2 aromatic rings. The SMILES string of the molecule is N#Cc1sc2nc3c(cc2c1N)CC(C1CCCCC1)CC3. The average molecular weight is 311 g/mol. The van der Waals surface area contributed by atoms with E-state index in [0.29, 0.717) is 10.6 Å². The number of nitriles is 1. The van der Waals surface area contributed by atoms with Gasteiger partial charge in [-0.2, -0.15) is 5.26 Å². The lowest BCUT2D eigenvalue weighted by Crippen LogP contribution is -2.25. The van der Waals surface area contributed by atoms with Crippen LogP contribution in [0.2, 0.25) is 0 Å². The van der Waals surface area contributed by atoms with E-state index >= 15 is 0 Å². The number of pyridine rings is 1. The smallest absolute Gasteiger partial charge is 0.130 e. The van der Waals surface area contributed by atoms with Gasteiger partial charge in [0, 0.05) is 11.1 Å². The fraction of sp³-hybridized carbons (Fsp3) is 0.556. The number of hydrogen-bond acceptors (Lipinski definition) is 4. The van der Waals surface area contributed by atoms with E-state index < -0.39 is 0 Å². The van der Waals surface area contributed by atoms with Crippen LogP contribution in [0.1, 0.15) is 54.7 Å². The van der Waals surface area contributed by atoms with E-state index in [1.807, 2.05) is 0 Å². The van der Waals surface area contributed by atoms with Crippen molar-refractivity contribution in [1.82, 2.24) is 4.98 Å². The molecule has 0 saturated heterocycles. The van der Waals surface area contributed by atoms with E-state index in [0.717, 1.165) is 34.9 Å². The number of nitrogens with zero attached hydrogens (tertiary/aromatic N) is 2. The maximum Gasteiger partial charge on any atom is 0.130 e. The molecular formula is C18H21N3S. The third-order valence-corrected chi connectivity index (χ3v) is 6.56. The Bertz CT molecular complexity index is 750. The van der Waals surface area contributed by atoms with E-state index in [9.17, 15) is 0 Å². The van der Waals surface area contributed by atoms with E-state index in [1.54, 1.807) is 0 Å². The Kier molecular flexibility index (Phi) is 3.54. The molecule has 3 nitrogen and oxygen atoms in total. The van der Waals surface area contributed by atoms with E-state index in [-0.39, 0.29) is 0 Å². The molecule has 1 fully saturated rings. The molecule has 2 aliphatic carbocycles. The highest BCUT2D eigenvalue weighted by atomic mass is 32.1. The highest BCUT2D eigenvalue weighted by Crippen LogP contribution is 2.40. The lowest BCUT2D eigenvalue weighted by atomic mass is 9.72. The summed E-state index contributed by atoms with van der Waals surface area (Å²) in [5.74, 6) is 1.73. The van der Waals surface area contributed by atoms with Gasteiger partial charge >= 0.3 is 0 Å². The predicted molar refractivity (Wildman–Crippen MR) is 90.8 cm³/mol. The van der Waals surface area contributed by atoms with Gasteiger partial charge in [0.05, 0.1) is 5.69 Å². The quantitative estimate of drug-likeness (QED) is 0.847. The fourth-order valence-electron chi connectivity index (χ4n) is 4.31. The molecule has 0 amide bonds. The lowest BCUT2D eigenvalue weighted by molar-refractivity contribution is 0.227. The van der Waals surface area contributed by atoms with E-state index in [2.05, 4.69) is 12.1 Å². The molecule has 2 aromatic heterocycles. The second-order valence-electron chi connectivity index (χ2n) is 6.80. The summed E-state index contributed by atoms with van der Waals surface area (Å²) in [5.41, 5.74) is 9.35. The van der Waals surface area contributed by atoms with Gasteiger partial charge in [-0.25, -0.2) is 4.98 Å².